The van der Waals surface area contributed by atoms with Gasteiger partial charge in [-0.05, 0) is 43.9 Å². The van der Waals surface area contributed by atoms with Gasteiger partial charge < -0.3 is 15.4 Å². The number of rotatable bonds is 11. The lowest BCUT2D eigenvalue weighted by Crippen LogP contribution is -2.17. The van der Waals surface area contributed by atoms with Gasteiger partial charge in [-0.1, -0.05) is 25.5 Å². The molecule has 2 N–H and O–H groups in total. The lowest BCUT2D eigenvalue weighted by molar-refractivity contribution is -0.112. The number of ether oxygens (including phenoxy) is 1. The molecular weight excluding hydrogens is 302 g/mol. The summed E-state index contributed by atoms with van der Waals surface area (Å²) in [7, 11) is 0. The molecule has 1 aromatic carbocycles. The third kappa shape index (κ3) is 7.80. The van der Waals surface area contributed by atoms with E-state index in [-0.39, 0.29) is 5.57 Å². The minimum absolute atomic E-state index is 0.0569. The summed E-state index contributed by atoms with van der Waals surface area (Å²) in [6.45, 7) is 6.12. The molecule has 0 aliphatic heterocycles. The molecule has 0 saturated carbocycles. The predicted molar refractivity (Wildman–Crippen MR) is 96.5 cm³/mol. The van der Waals surface area contributed by atoms with Crippen LogP contribution in [0.4, 0.5) is 5.69 Å². The highest BCUT2D eigenvalue weighted by molar-refractivity contribution is 6.06. The van der Waals surface area contributed by atoms with Gasteiger partial charge >= 0.3 is 0 Å². The zero-order valence-electron chi connectivity index (χ0n) is 14.6. The monoisotopic (exact) mass is 329 g/mol. The SMILES string of the molecule is CCCCc1ccc(NC(=O)/C(C#N)=C\NCCCOCC)cc1. The van der Waals surface area contributed by atoms with Crippen LogP contribution in [0.1, 0.15) is 38.7 Å². The number of anilines is 1. The van der Waals surface area contributed by atoms with Gasteiger partial charge in [0.05, 0.1) is 0 Å². The minimum Gasteiger partial charge on any atom is -0.390 e. The standard InChI is InChI=1S/C19H27N3O2/c1-3-5-7-16-8-10-18(11-9-16)22-19(23)17(14-20)15-21-12-6-13-24-4-2/h8-11,15,21H,3-7,12-13H2,1-2H3,(H,22,23)/b17-15-. The van der Waals surface area contributed by atoms with Gasteiger partial charge in [-0.2, -0.15) is 5.26 Å². The molecule has 0 spiro atoms. The molecular formula is C19H27N3O2. The number of nitrogens with one attached hydrogen (secondary N) is 2. The number of unbranched alkanes of at least 4 members (excludes halogenated alkanes) is 1. The fraction of sp³-hybridized carbons (Fsp3) is 0.474. The molecule has 0 radical (unpaired) electrons. The van der Waals surface area contributed by atoms with Crippen molar-refractivity contribution in [3.05, 3.63) is 41.6 Å². The largest absolute Gasteiger partial charge is 0.390 e. The Bertz CT molecular complexity index is 559. The smallest absolute Gasteiger partial charge is 0.267 e. The highest BCUT2D eigenvalue weighted by Gasteiger charge is 2.09. The Hall–Kier alpha value is -2.32. The summed E-state index contributed by atoms with van der Waals surface area (Å²) in [6.07, 6.45) is 5.63. The van der Waals surface area contributed by atoms with Crippen LogP contribution in [0.5, 0.6) is 0 Å². The average Bonchev–Trinajstić information content (AvgIpc) is 2.60. The number of nitrogens with zero attached hydrogens (tertiary/aromatic N) is 1. The van der Waals surface area contributed by atoms with E-state index in [4.69, 9.17) is 10.00 Å². The van der Waals surface area contributed by atoms with E-state index < -0.39 is 5.91 Å². The molecule has 1 rings (SSSR count). The Labute approximate surface area is 144 Å². The Kier molecular flexibility index (Phi) is 9.98. The Balaban J connectivity index is 2.47. The third-order valence-electron chi connectivity index (χ3n) is 3.46. The number of aryl methyl sites for hydroxylation is 1. The molecule has 24 heavy (non-hydrogen) atoms. The zero-order valence-corrected chi connectivity index (χ0v) is 14.6. The van der Waals surface area contributed by atoms with Gasteiger partial charge in [0.1, 0.15) is 11.6 Å². The number of amides is 1. The second kappa shape index (κ2) is 12.1. The van der Waals surface area contributed by atoms with Crippen molar-refractivity contribution in [2.75, 3.05) is 25.1 Å². The molecule has 0 bridgehead atoms. The number of carbonyl (C=O) groups is 1. The molecule has 5 nitrogen and oxygen atoms in total. The number of hydrogen-bond donors (Lipinski definition) is 2. The zero-order chi connectivity index (χ0) is 17.6. The van der Waals surface area contributed by atoms with Gasteiger partial charge in [0.2, 0.25) is 0 Å². The minimum atomic E-state index is -0.406. The van der Waals surface area contributed by atoms with Crippen molar-refractivity contribution >= 4 is 11.6 Å². The first-order valence-corrected chi connectivity index (χ1v) is 8.53. The molecule has 1 aromatic rings. The number of carbonyl (C=O) groups excluding carboxylic acids is 1. The Morgan fingerprint density at radius 3 is 2.62 bits per heavy atom. The lowest BCUT2D eigenvalue weighted by atomic mass is 10.1. The molecule has 0 saturated heterocycles. The van der Waals surface area contributed by atoms with Crippen molar-refractivity contribution in [1.29, 1.82) is 5.26 Å². The highest BCUT2D eigenvalue weighted by Crippen LogP contribution is 2.12. The van der Waals surface area contributed by atoms with E-state index in [0.717, 1.165) is 25.7 Å². The molecule has 5 heteroatoms. The summed E-state index contributed by atoms with van der Waals surface area (Å²) >= 11 is 0. The number of hydrogen-bond acceptors (Lipinski definition) is 4. The molecule has 0 unspecified atom stereocenters. The molecule has 130 valence electrons. The molecule has 0 heterocycles. The van der Waals surface area contributed by atoms with E-state index in [2.05, 4.69) is 17.6 Å². The van der Waals surface area contributed by atoms with E-state index in [1.54, 1.807) is 0 Å². The number of nitriles is 1. The predicted octanol–water partition coefficient (Wildman–Crippen LogP) is 3.39. The molecule has 0 fully saturated rings. The topological polar surface area (TPSA) is 74.2 Å². The van der Waals surface area contributed by atoms with E-state index in [9.17, 15) is 4.79 Å². The van der Waals surface area contributed by atoms with E-state index in [1.807, 2.05) is 37.3 Å². The van der Waals surface area contributed by atoms with E-state index in [1.165, 1.54) is 11.8 Å². The Morgan fingerprint density at radius 1 is 1.25 bits per heavy atom. The van der Waals surface area contributed by atoms with Crippen LogP contribution in [0.25, 0.3) is 0 Å². The quantitative estimate of drug-likeness (QED) is 0.371. The fourth-order valence-electron chi connectivity index (χ4n) is 2.08. The first kappa shape index (κ1) is 19.7. The van der Waals surface area contributed by atoms with Gasteiger partial charge in [-0.15, -0.1) is 0 Å². The maximum Gasteiger partial charge on any atom is 0.267 e. The first-order chi connectivity index (χ1) is 11.7. The summed E-state index contributed by atoms with van der Waals surface area (Å²) in [4.78, 5) is 12.1. The normalized spacial score (nSPS) is 11.0. The van der Waals surface area contributed by atoms with Crippen LogP contribution in [-0.4, -0.2) is 25.7 Å². The van der Waals surface area contributed by atoms with Crippen molar-refractivity contribution in [3.63, 3.8) is 0 Å². The summed E-state index contributed by atoms with van der Waals surface area (Å²) in [5, 5.41) is 14.8. The molecule has 1 amide bonds. The van der Waals surface area contributed by atoms with Crippen molar-refractivity contribution < 1.29 is 9.53 Å². The third-order valence-corrected chi connectivity index (χ3v) is 3.46. The lowest BCUT2D eigenvalue weighted by Gasteiger charge is -2.06. The van der Waals surface area contributed by atoms with Crippen molar-refractivity contribution in [1.82, 2.24) is 5.32 Å². The van der Waals surface area contributed by atoms with E-state index in [0.29, 0.717) is 25.4 Å². The van der Waals surface area contributed by atoms with E-state index >= 15 is 0 Å². The molecule has 0 aromatic heterocycles. The molecule has 0 aliphatic carbocycles. The first-order valence-electron chi connectivity index (χ1n) is 8.53. The average molecular weight is 329 g/mol. The van der Waals surface area contributed by atoms with Gasteiger partial charge in [-0.3, -0.25) is 4.79 Å². The van der Waals surface area contributed by atoms with Crippen LogP contribution in [-0.2, 0) is 16.0 Å². The summed E-state index contributed by atoms with van der Waals surface area (Å²) in [5.74, 6) is -0.406. The molecule has 0 aliphatic rings. The van der Waals surface area contributed by atoms with Gasteiger partial charge in [-0.25, -0.2) is 0 Å². The van der Waals surface area contributed by atoms with Crippen LogP contribution in [0, 0.1) is 11.3 Å². The maximum atomic E-state index is 12.1. The maximum absolute atomic E-state index is 12.1. The summed E-state index contributed by atoms with van der Waals surface area (Å²) in [6, 6.07) is 9.67. The van der Waals surface area contributed by atoms with Crippen LogP contribution in [0.2, 0.25) is 0 Å². The molecule has 0 atom stereocenters. The van der Waals surface area contributed by atoms with Crippen LogP contribution < -0.4 is 10.6 Å². The highest BCUT2D eigenvalue weighted by atomic mass is 16.5. The van der Waals surface area contributed by atoms with Gasteiger partial charge in [0, 0.05) is 31.6 Å². The Morgan fingerprint density at radius 2 is 2.00 bits per heavy atom. The fourth-order valence-corrected chi connectivity index (χ4v) is 2.08. The van der Waals surface area contributed by atoms with Crippen LogP contribution in [0.3, 0.4) is 0 Å². The van der Waals surface area contributed by atoms with Crippen LogP contribution >= 0.6 is 0 Å². The second-order valence-electron chi connectivity index (χ2n) is 5.43. The van der Waals surface area contributed by atoms with Gasteiger partial charge in [0.15, 0.2) is 0 Å². The summed E-state index contributed by atoms with van der Waals surface area (Å²) in [5.41, 5.74) is 2.00. The van der Waals surface area contributed by atoms with Crippen molar-refractivity contribution in [2.45, 2.75) is 39.5 Å². The van der Waals surface area contributed by atoms with Crippen molar-refractivity contribution in [3.8, 4) is 6.07 Å². The second-order valence-corrected chi connectivity index (χ2v) is 5.43. The van der Waals surface area contributed by atoms with Crippen LogP contribution in [0.15, 0.2) is 36.0 Å². The summed E-state index contributed by atoms with van der Waals surface area (Å²) < 4.78 is 5.22. The number of benzene rings is 1. The van der Waals surface area contributed by atoms with Crippen molar-refractivity contribution in [2.24, 2.45) is 0 Å². The van der Waals surface area contributed by atoms with Gasteiger partial charge in [0.25, 0.3) is 5.91 Å².